The third kappa shape index (κ3) is 2.87. The molecular weight excluding hydrogens is 234 g/mol. The van der Waals surface area contributed by atoms with E-state index in [0.717, 1.165) is 24.8 Å². The average molecular weight is 253 g/mol. The highest BCUT2D eigenvalue weighted by molar-refractivity contribution is 7.89. The Labute approximate surface area is 104 Å². The van der Waals surface area contributed by atoms with Gasteiger partial charge in [0.05, 0.1) is 4.90 Å². The third-order valence-electron chi connectivity index (χ3n) is 3.25. The quantitative estimate of drug-likeness (QED) is 0.807. The predicted octanol–water partition coefficient (Wildman–Crippen LogP) is 2.28. The molecule has 0 radical (unpaired) electrons. The number of benzene rings is 1. The Kier molecular flexibility index (Phi) is 3.54. The van der Waals surface area contributed by atoms with E-state index in [4.69, 9.17) is 0 Å². The molecular formula is C13H19NO2S. The minimum atomic E-state index is -3.29. The van der Waals surface area contributed by atoms with Crippen molar-refractivity contribution in [3.8, 4) is 0 Å². The molecule has 1 aromatic rings. The van der Waals surface area contributed by atoms with E-state index in [2.05, 4.69) is 6.92 Å². The monoisotopic (exact) mass is 253 g/mol. The Morgan fingerprint density at radius 2 is 1.82 bits per heavy atom. The van der Waals surface area contributed by atoms with Crippen molar-refractivity contribution in [1.82, 2.24) is 4.31 Å². The van der Waals surface area contributed by atoms with E-state index in [1.165, 1.54) is 4.31 Å². The normalized spacial score (nSPS) is 16.4. The molecule has 0 N–H and O–H groups in total. The van der Waals surface area contributed by atoms with Gasteiger partial charge in [0.1, 0.15) is 0 Å². The van der Waals surface area contributed by atoms with Gasteiger partial charge < -0.3 is 0 Å². The largest absolute Gasteiger partial charge is 0.242 e. The van der Waals surface area contributed by atoms with Crippen molar-refractivity contribution in [1.29, 1.82) is 0 Å². The molecule has 1 saturated carbocycles. The van der Waals surface area contributed by atoms with Crippen LogP contribution in [0, 0.1) is 5.92 Å². The van der Waals surface area contributed by atoms with Gasteiger partial charge in [-0.2, -0.15) is 0 Å². The number of sulfonamides is 1. The Morgan fingerprint density at radius 1 is 1.24 bits per heavy atom. The second kappa shape index (κ2) is 4.78. The summed E-state index contributed by atoms with van der Waals surface area (Å²) < 4.78 is 25.9. The molecule has 4 heteroatoms. The zero-order valence-electron chi connectivity index (χ0n) is 10.4. The van der Waals surface area contributed by atoms with E-state index in [1.807, 2.05) is 12.1 Å². The van der Waals surface area contributed by atoms with Crippen LogP contribution in [0.4, 0.5) is 0 Å². The summed E-state index contributed by atoms with van der Waals surface area (Å²) in [5.41, 5.74) is 1.16. The minimum Gasteiger partial charge on any atom is -0.207 e. The molecule has 0 aromatic heterocycles. The molecule has 0 unspecified atom stereocenters. The van der Waals surface area contributed by atoms with Crippen molar-refractivity contribution < 1.29 is 8.42 Å². The van der Waals surface area contributed by atoms with Crippen LogP contribution >= 0.6 is 0 Å². The van der Waals surface area contributed by atoms with Gasteiger partial charge in [-0.3, -0.25) is 0 Å². The Morgan fingerprint density at radius 3 is 2.29 bits per heavy atom. The first-order chi connectivity index (χ1) is 8.04. The molecule has 2 rings (SSSR count). The number of rotatable bonds is 5. The Hall–Kier alpha value is -0.870. The van der Waals surface area contributed by atoms with Crippen LogP contribution in [0.15, 0.2) is 29.2 Å². The number of hydrogen-bond acceptors (Lipinski definition) is 2. The van der Waals surface area contributed by atoms with Crippen molar-refractivity contribution >= 4 is 10.0 Å². The van der Waals surface area contributed by atoms with Gasteiger partial charge in [-0.1, -0.05) is 19.1 Å². The van der Waals surface area contributed by atoms with Crippen LogP contribution in [-0.4, -0.2) is 26.3 Å². The summed E-state index contributed by atoms with van der Waals surface area (Å²) in [6.07, 6.45) is 3.25. The highest BCUT2D eigenvalue weighted by Crippen LogP contribution is 2.30. The summed E-state index contributed by atoms with van der Waals surface area (Å²) in [6.45, 7) is 2.71. The molecule has 0 bridgehead atoms. The van der Waals surface area contributed by atoms with E-state index in [-0.39, 0.29) is 0 Å². The molecule has 1 fully saturated rings. The molecule has 1 aliphatic carbocycles. The maximum absolute atomic E-state index is 12.2. The first kappa shape index (κ1) is 12.6. The van der Waals surface area contributed by atoms with Crippen molar-refractivity contribution in [3.05, 3.63) is 29.8 Å². The number of hydrogen-bond donors (Lipinski definition) is 0. The molecule has 17 heavy (non-hydrogen) atoms. The molecule has 1 aliphatic rings. The van der Waals surface area contributed by atoms with E-state index >= 15 is 0 Å². The lowest BCUT2D eigenvalue weighted by Crippen LogP contribution is -2.28. The second-order valence-corrected chi connectivity index (χ2v) is 6.77. The topological polar surface area (TPSA) is 37.4 Å². The summed E-state index contributed by atoms with van der Waals surface area (Å²) in [4.78, 5) is 0.401. The van der Waals surface area contributed by atoms with Crippen molar-refractivity contribution in [2.45, 2.75) is 31.1 Å². The van der Waals surface area contributed by atoms with Crippen LogP contribution in [0.25, 0.3) is 0 Å². The first-order valence-electron chi connectivity index (χ1n) is 6.09. The third-order valence-corrected chi connectivity index (χ3v) is 5.09. The molecule has 0 atom stereocenters. The van der Waals surface area contributed by atoms with Gasteiger partial charge in [0.15, 0.2) is 0 Å². The molecule has 1 aromatic carbocycles. The second-order valence-electron chi connectivity index (χ2n) is 4.73. The fraction of sp³-hybridized carbons (Fsp3) is 0.538. The Bertz CT molecular complexity index is 475. The maximum Gasteiger partial charge on any atom is 0.242 e. The SMILES string of the molecule is CCc1ccc(S(=O)(=O)N(C)CC2CC2)cc1. The summed E-state index contributed by atoms with van der Waals surface area (Å²) in [5.74, 6) is 0.574. The molecule has 94 valence electrons. The standard InChI is InChI=1S/C13H19NO2S/c1-3-11-6-8-13(9-7-11)17(15,16)14(2)10-12-4-5-12/h6-9,12H,3-5,10H2,1-2H3. The van der Waals surface area contributed by atoms with Crippen molar-refractivity contribution in [2.75, 3.05) is 13.6 Å². The van der Waals surface area contributed by atoms with Crippen LogP contribution < -0.4 is 0 Å². The van der Waals surface area contributed by atoms with Gasteiger partial charge in [0.25, 0.3) is 0 Å². The molecule has 0 spiro atoms. The van der Waals surface area contributed by atoms with Crippen LogP contribution in [0.5, 0.6) is 0 Å². The number of aryl methyl sites for hydroxylation is 1. The van der Waals surface area contributed by atoms with E-state index in [1.54, 1.807) is 19.2 Å². The molecule has 0 heterocycles. The smallest absolute Gasteiger partial charge is 0.207 e. The van der Waals surface area contributed by atoms with Gasteiger partial charge in [0.2, 0.25) is 10.0 Å². The van der Waals surface area contributed by atoms with Gasteiger partial charge in [-0.05, 0) is 42.9 Å². The highest BCUT2D eigenvalue weighted by atomic mass is 32.2. The average Bonchev–Trinajstić information content (AvgIpc) is 3.13. The fourth-order valence-corrected chi connectivity index (χ4v) is 3.09. The van der Waals surface area contributed by atoms with E-state index < -0.39 is 10.0 Å². The zero-order chi connectivity index (χ0) is 12.5. The minimum absolute atomic E-state index is 0.401. The van der Waals surface area contributed by atoms with Gasteiger partial charge in [0, 0.05) is 13.6 Å². The summed E-state index contributed by atoms with van der Waals surface area (Å²) in [7, 11) is -1.62. The molecule has 0 amide bonds. The van der Waals surface area contributed by atoms with Gasteiger partial charge in [-0.25, -0.2) is 12.7 Å². The van der Waals surface area contributed by atoms with Crippen molar-refractivity contribution in [3.63, 3.8) is 0 Å². The van der Waals surface area contributed by atoms with Crippen LogP contribution in [0.3, 0.4) is 0 Å². The molecule has 0 saturated heterocycles. The predicted molar refractivity (Wildman–Crippen MR) is 68.4 cm³/mol. The Balaban J connectivity index is 2.17. The van der Waals surface area contributed by atoms with Gasteiger partial charge in [-0.15, -0.1) is 0 Å². The lowest BCUT2D eigenvalue weighted by atomic mass is 10.2. The van der Waals surface area contributed by atoms with Crippen LogP contribution in [-0.2, 0) is 16.4 Å². The van der Waals surface area contributed by atoms with E-state index in [9.17, 15) is 8.42 Å². The van der Waals surface area contributed by atoms with Crippen molar-refractivity contribution in [2.24, 2.45) is 5.92 Å². The lowest BCUT2D eigenvalue weighted by molar-refractivity contribution is 0.453. The summed E-state index contributed by atoms with van der Waals surface area (Å²) in [6, 6.07) is 7.19. The molecule has 3 nitrogen and oxygen atoms in total. The maximum atomic E-state index is 12.2. The molecule has 0 aliphatic heterocycles. The lowest BCUT2D eigenvalue weighted by Gasteiger charge is -2.16. The van der Waals surface area contributed by atoms with Gasteiger partial charge >= 0.3 is 0 Å². The van der Waals surface area contributed by atoms with Crippen LogP contribution in [0.2, 0.25) is 0 Å². The number of nitrogens with zero attached hydrogens (tertiary/aromatic N) is 1. The first-order valence-corrected chi connectivity index (χ1v) is 7.53. The zero-order valence-corrected chi connectivity index (χ0v) is 11.2. The highest BCUT2D eigenvalue weighted by Gasteiger charge is 2.28. The fourth-order valence-electron chi connectivity index (χ4n) is 1.84. The summed E-state index contributed by atoms with van der Waals surface area (Å²) in [5, 5.41) is 0. The van der Waals surface area contributed by atoms with E-state index in [0.29, 0.717) is 17.4 Å². The summed E-state index contributed by atoms with van der Waals surface area (Å²) >= 11 is 0. The van der Waals surface area contributed by atoms with Crippen LogP contribution in [0.1, 0.15) is 25.3 Å².